The molecule has 0 radical (unpaired) electrons. The number of hydrogen-bond donors (Lipinski definition) is 1. The summed E-state index contributed by atoms with van der Waals surface area (Å²) in [5.74, 6) is 1.40. The van der Waals surface area contributed by atoms with E-state index in [0.29, 0.717) is 5.92 Å². The highest BCUT2D eigenvalue weighted by Crippen LogP contribution is 2.24. The zero-order valence-corrected chi connectivity index (χ0v) is 12.4. The Bertz CT molecular complexity index is 433. The molecule has 0 fully saturated rings. The van der Waals surface area contributed by atoms with Crippen LogP contribution in [0, 0.1) is 22.7 Å². The topological polar surface area (TPSA) is 45.0 Å². The third kappa shape index (κ3) is 5.32. The third-order valence-electron chi connectivity index (χ3n) is 3.67. The molecule has 0 atom stereocenters. The smallest absolute Gasteiger partial charge is 0.174 e. The van der Waals surface area contributed by atoms with Crippen LogP contribution in [0.5, 0.6) is 5.75 Å². The van der Waals surface area contributed by atoms with Gasteiger partial charge in [0.2, 0.25) is 0 Å². The minimum Gasteiger partial charge on any atom is -0.479 e. The second-order valence-electron chi connectivity index (χ2n) is 5.84. The first-order valence-corrected chi connectivity index (χ1v) is 6.75. The average Bonchev–Trinajstić information content (AvgIpc) is 2.36. The molecule has 19 heavy (non-hydrogen) atoms. The van der Waals surface area contributed by atoms with Gasteiger partial charge in [0.1, 0.15) is 11.8 Å². The van der Waals surface area contributed by atoms with E-state index in [1.807, 2.05) is 24.3 Å². The van der Waals surface area contributed by atoms with E-state index in [-0.39, 0.29) is 12.0 Å². The quantitative estimate of drug-likeness (QED) is 0.817. The van der Waals surface area contributed by atoms with Crippen LogP contribution in [-0.2, 0) is 6.54 Å². The Balaban J connectivity index is 2.48. The van der Waals surface area contributed by atoms with E-state index in [1.54, 1.807) is 0 Å². The maximum absolute atomic E-state index is 8.49. The fourth-order valence-electron chi connectivity index (χ4n) is 1.59. The van der Waals surface area contributed by atoms with Crippen molar-refractivity contribution in [3.05, 3.63) is 29.8 Å². The summed E-state index contributed by atoms with van der Waals surface area (Å²) in [5, 5.41) is 12.0. The van der Waals surface area contributed by atoms with Crippen LogP contribution in [-0.4, -0.2) is 13.2 Å². The Labute approximate surface area is 116 Å². The van der Waals surface area contributed by atoms with E-state index >= 15 is 0 Å². The predicted octanol–water partition coefficient (Wildman–Crippen LogP) is 3.36. The number of rotatable bonds is 7. The zero-order valence-electron chi connectivity index (χ0n) is 12.4. The predicted molar refractivity (Wildman–Crippen MR) is 77.9 cm³/mol. The fourth-order valence-corrected chi connectivity index (χ4v) is 1.59. The Kier molecular flexibility index (Phi) is 5.85. The molecule has 3 nitrogen and oxygen atoms in total. The van der Waals surface area contributed by atoms with E-state index in [9.17, 15) is 0 Å². The minimum atomic E-state index is 0.0945. The fraction of sp³-hybridized carbons (Fsp3) is 0.562. The molecule has 1 N–H and O–H groups in total. The van der Waals surface area contributed by atoms with Crippen LogP contribution in [0.3, 0.4) is 0 Å². The van der Waals surface area contributed by atoms with Gasteiger partial charge in [-0.15, -0.1) is 0 Å². The summed E-state index contributed by atoms with van der Waals surface area (Å²) < 4.78 is 5.29. The molecule has 0 aliphatic heterocycles. The summed E-state index contributed by atoms with van der Waals surface area (Å²) in [6.45, 7) is 10.9. The lowest BCUT2D eigenvalue weighted by molar-refractivity contribution is 0.238. The van der Waals surface area contributed by atoms with Gasteiger partial charge in [-0.2, -0.15) is 5.26 Å². The summed E-state index contributed by atoms with van der Waals surface area (Å²) in [7, 11) is 0. The van der Waals surface area contributed by atoms with E-state index in [1.165, 1.54) is 5.56 Å². The van der Waals surface area contributed by atoms with E-state index in [4.69, 9.17) is 10.00 Å². The summed E-state index contributed by atoms with van der Waals surface area (Å²) >= 11 is 0. The second kappa shape index (κ2) is 7.16. The maximum atomic E-state index is 8.49. The van der Waals surface area contributed by atoms with Gasteiger partial charge in [0, 0.05) is 13.1 Å². The van der Waals surface area contributed by atoms with E-state index in [0.717, 1.165) is 18.8 Å². The van der Waals surface area contributed by atoms with Gasteiger partial charge < -0.3 is 10.1 Å². The van der Waals surface area contributed by atoms with Crippen LogP contribution in [0.2, 0.25) is 0 Å². The summed E-state index contributed by atoms with van der Waals surface area (Å²) in [5.41, 5.74) is 1.46. The zero-order chi connectivity index (χ0) is 14.3. The van der Waals surface area contributed by atoms with Crippen molar-refractivity contribution in [2.24, 2.45) is 11.3 Å². The van der Waals surface area contributed by atoms with Crippen molar-refractivity contribution in [2.45, 2.75) is 34.2 Å². The molecule has 0 heterocycles. The molecule has 0 unspecified atom stereocenters. The van der Waals surface area contributed by atoms with Gasteiger partial charge in [-0.25, -0.2) is 0 Å². The number of ether oxygens (including phenoxy) is 1. The summed E-state index contributed by atoms with van der Waals surface area (Å²) in [6.07, 6.45) is 0. The first-order valence-electron chi connectivity index (χ1n) is 6.75. The molecule has 0 saturated heterocycles. The molecule has 0 aliphatic carbocycles. The standard InChI is InChI=1S/C16H24N2O/c1-13(2)16(3,4)12-18-11-14-6-5-7-15(10-14)19-9-8-17/h5-7,10,13,18H,9,11-12H2,1-4H3. The highest BCUT2D eigenvalue weighted by atomic mass is 16.5. The highest BCUT2D eigenvalue weighted by Gasteiger charge is 2.21. The van der Waals surface area contributed by atoms with Crippen molar-refractivity contribution < 1.29 is 4.74 Å². The largest absolute Gasteiger partial charge is 0.479 e. The Morgan fingerprint density at radius 3 is 2.74 bits per heavy atom. The van der Waals surface area contributed by atoms with Crippen molar-refractivity contribution in [1.29, 1.82) is 5.26 Å². The van der Waals surface area contributed by atoms with Crippen LogP contribution in [0.4, 0.5) is 0 Å². The van der Waals surface area contributed by atoms with Gasteiger partial charge in [-0.05, 0) is 29.0 Å². The molecule has 1 aromatic carbocycles. The SMILES string of the molecule is CC(C)C(C)(C)CNCc1cccc(OCC#N)c1. The van der Waals surface area contributed by atoms with Gasteiger partial charge >= 0.3 is 0 Å². The lowest BCUT2D eigenvalue weighted by Gasteiger charge is -2.29. The average molecular weight is 260 g/mol. The maximum Gasteiger partial charge on any atom is 0.174 e. The van der Waals surface area contributed by atoms with E-state index < -0.39 is 0 Å². The van der Waals surface area contributed by atoms with Crippen LogP contribution >= 0.6 is 0 Å². The lowest BCUT2D eigenvalue weighted by Crippen LogP contribution is -2.33. The molecule has 1 rings (SSSR count). The molecular weight excluding hydrogens is 236 g/mol. The Morgan fingerprint density at radius 1 is 1.37 bits per heavy atom. The van der Waals surface area contributed by atoms with Gasteiger partial charge in [-0.1, -0.05) is 39.8 Å². The van der Waals surface area contributed by atoms with Crippen molar-refractivity contribution in [3.63, 3.8) is 0 Å². The molecule has 0 aliphatic rings. The molecular formula is C16H24N2O. The van der Waals surface area contributed by atoms with Crippen LogP contribution in [0.15, 0.2) is 24.3 Å². The number of nitrogens with one attached hydrogen (secondary N) is 1. The minimum absolute atomic E-state index is 0.0945. The Morgan fingerprint density at radius 2 is 2.11 bits per heavy atom. The van der Waals surface area contributed by atoms with Crippen molar-refractivity contribution in [3.8, 4) is 11.8 Å². The molecule has 0 bridgehead atoms. The van der Waals surface area contributed by atoms with Gasteiger partial charge in [0.25, 0.3) is 0 Å². The first-order chi connectivity index (χ1) is 8.95. The van der Waals surface area contributed by atoms with Crippen LogP contribution in [0.25, 0.3) is 0 Å². The lowest BCUT2D eigenvalue weighted by atomic mass is 9.81. The van der Waals surface area contributed by atoms with Gasteiger partial charge in [0.05, 0.1) is 0 Å². The number of nitriles is 1. The van der Waals surface area contributed by atoms with E-state index in [2.05, 4.69) is 39.1 Å². The molecule has 0 aromatic heterocycles. The van der Waals surface area contributed by atoms with Gasteiger partial charge in [0.15, 0.2) is 6.61 Å². The normalized spacial score (nSPS) is 11.4. The molecule has 104 valence electrons. The monoisotopic (exact) mass is 260 g/mol. The summed E-state index contributed by atoms with van der Waals surface area (Å²) in [6, 6.07) is 9.85. The number of benzene rings is 1. The van der Waals surface area contributed by atoms with Crippen molar-refractivity contribution >= 4 is 0 Å². The van der Waals surface area contributed by atoms with Crippen LogP contribution < -0.4 is 10.1 Å². The summed E-state index contributed by atoms with van der Waals surface area (Å²) in [4.78, 5) is 0. The van der Waals surface area contributed by atoms with Crippen molar-refractivity contribution in [2.75, 3.05) is 13.2 Å². The molecule has 1 aromatic rings. The molecule has 0 saturated carbocycles. The Hall–Kier alpha value is -1.53. The molecule has 3 heteroatoms. The first kappa shape index (κ1) is 15.5. The number of nitrogens with zero attached hydrogens (tertiary/aromatic N) is 1. The molecule has 0 spiro atoms. The second-order valence-corrected chi connectivity index (χ2v) is 5.84. The van der Waals surface area contributed by atoms with Crippen molar-refractivity contribution in [1.82, 2.24) is 5.32 Å². The molecule has 0 amide bonds. The third-order valence-corrected chi connectivity index (χ3v) is 3.67. The van der Waals surface area contributed by atoms with Gasteiger partial charge in [-0.3, -0.25) is 0 Å². The van der Waals surface area contributed by atoms with Crippen LogP contribution in [0.1, 0.15) is 33.3 Å². The number of hydrogen-bond acceptors (Lipinski definition) is 3. The highest BCUT2D eigenvalue weighted by molar-refractivity contribution is 5.28.